The van der Waals surface area contributed by atoms with Gasteiger partial charge in [-0.15, -0.1) is 0 Å². The van der Waals surface area contributed by atoms with Crippen molar-refractivity contribution >= 4 is 5.91 Å². The number of amides is 1. The average molecular weight is 1050 g/mol. The van der Waals surface area contributed by atoms with E-state index in [9.17, 15) is 20.1 Å². The van der Waals surface area contributed by atoms with E-state index < -0.39 is 18.2 Å². The van der Waals surface area contributed by atoms with Gasteiger partial charge in [0.1, 0.15) is 6.10 Å². The number of nitrogens with one attached hydrogen (secondary N) is 1. The third kappa shape index (κ3) is 60.1. The first kappa shape index (κ1) is 73.6. The van der Waals surface area contributed by atoms with Crippen molar-refractivity contribution in [2.45, 2.75) is 398 Å². The van der Waals surface area contributed by atoms with Gasteiger partial charge in [0, 0.05) is 6.42 Å². The molecule has 5 nitrogen and oxygen atoms in total. The van der Waals surface area contributed by atoms with E-state index in [-0.39, 0.29) is 12.5 Å². The highest BCUT2D eigenvalue weighted by Gasteiger charge is 2.26. The van der Waals surface area contributed by atoms with E-state index in [4.69, 9.17) is 0 Å². The minimum Gasteiger partial charge on any atom is -0.394 e. The maximum Gasteiger partial charge on any atom is 0.220 e. The normalized spacial score (nSPS) is 13.3. The topological polar surface area (TPSA) is 89.8 Å². The molecule has 0 aromatic carbocycles. The second-order valence-electron chi connectivity index (χ2n) is 23.7. The van der Waals surface area contributed by atoms with Gasteiger partial charge in [0.15, 0.2) is 0 Å². The minimum atomic E-state index is -1.17. The summed E-state index contributed by atoms with van der Waals surface area (Å²) in [7, 11) is 0. The van der Waals surface area contributed by atoms with Crippen LogP contribution in [0.25, 0.3) is 0 Å². The molecule has 5 heteroatoms. The molecule has 0 aliphatic heterocycles. The lowest BCUT2D eigenvalue weighted by atomic mass is 10.0. The fraction of sp³-hybridized carbons (Fsp3) is 0.900. The van der Waals surface area contributed by atoms with E-state index >= 15 is 0 Å². The lowest BCUT2D eigenvalue weighted by Gasteiger charge is -2.26. The summed E-state index contributed by atoms with van der Waals surface area (Å²) in [6.07, 6.45) is 86.5. The van der Waals surface area contributed by atoms with Crippen molar-refractivity contribution in [2.75, 3.05) is 6.61 Å². The maximum absolute atomic E-state index is 12.6. The van der Waals surface area contributed by atoms with Crippen molar-refractivity contribution in [3.05, 3.63) is 36.5 Å². The predicted octanol–water partition coefficient (Wildman–Crippen LogP) is 22.1. The Labute approximate surface area is 470 Å². The van der Waals surface area contributed by atoms with Crippen LogP contribution in [0.1, 0.15) is 380 Å². The highest BCUT2D eigenvalue weighted by atomic mass is 16.3. The molecule has 4 N–H and O–H groups in total. The van der Waals surface area contributed by atoms with Gasteiger partial charge >= 0.3 is 0 Å². The molecule has 3 atom stereocenters. The molecule has 444 valence electrons. The molecule has 0 aromatic heterocycles. The van der Waals surface area contributed by atoms with Gasteiger partial charge in [-0.1, -0.05) is 333 Å². The van der Waals surface area contributed by atoms with Crippen LogP contribution in [-0.2, 0) is 4.79 Å². The molecule has 0 bridgehead atoms. The number of aliphatic hydroxyl groups is 3. The minimum absolute atomic E-state index is 0.152. The van der Waals surface area contributed by atoms with Gasteiger partial charge in [0.25, 0.3) is 0 Å². The van der Waals surface area contributed by atoms with Crippen LogP contribution in [0.15, 0.2) is 36.5 Å². The van der Waals surface area contributed by atoms with Gasteiger partial charge < -0.3 is 20.6 Å². The van der Waals surface area contributed by atoms with E-state index in [1.54, 1.807) is 0 Å². The van der Waals surface area contributed by atoms with Crippen LogP contribution in [0, 0.1) is 0 Å². The summed E-state index contributed by atoms with van der Waals surface area (Å²) in [4.78, 5) is 12.6. The Balaban J connectivity index is 3.50. The van der Waals surface area contributed by atoms with E-state index in [2.05, 4.69) is 55.6 Å². The third-order valence-corrected chi connectivity index (χ3v) is 16.2. The molecule has 0 radical (unpaired) electrons. The molecule has 0 aliphatic carbocycles. The summed E-state index contributed by atoms with van der Waals surface area (Å²) in [6.45, 7) is 4.21. The molecule has 0 aliphatic rings. The lowest BCUT2D eigenvalue weighted by Crippen LogP contribution is -2.50. The summed E-state index contributed by atoms with van der Waals surface area (Å²) in [5, 5.41) is 33.9. The van der Waals surface area contributed by atoms with Gasteiger partial charge in [-0.25, -0.2) is 0 Å². The number of carbonyl (C=O) groups is 1. The molecule has 0 fully saturated rings. The molecule has 0 saturated carbocycles. The Morgan fingerprint density at radius 3 is 0.813 bits per heavy atom. The van der Waals surface area contributed by atoms with Crippen LogP contribution < -0.4 is 5.32 Å². The van der Waals surface area contributed by atoms with Crippen molar-refractivity contribution in [3.63, 3.8) is 0 Å². The zero-order chi connectivity index (χ0) is 54.3. The maximum atomic E-state index is 12.6. The van der Waals surface area contributed by atoms with Gasteiger partial charge in [0.2, 0.25) is 5.91 Å². The van der Waals surface area contributed by atoms with Crippen LogP contribution in [0.3, 0.4) is 0 Å². The summed E-state index contributed by atoms with van der Waals surface area (Å²) >= 11 is 0. The monoisotopic (exact) mass is 1050 g/mol. The molecule has 0 saturated heterocycles. The smallest absolute Gasteiger partial charge is 0.220 e. The molecule has 0 spiro atoms. The first-order chi connectivity index (χ1) is 37.1. The Kier molecular flexibility index (Phi) is 63.8. The van der Waals surface area contributed by atoms with Gasteiger partial charge in [-0.2, -0.15) is 0 Å². The van der Waals surface area contributed by atoms with Crippen LogP contribution in [0.5, 0.6) is 0 Å². The molecule has 1 amide bonds. The number of aliphatic hydroxyl groups excluding tert-OH is 3. The zero-order valence-corrected chi connectivity index (χ0v) is 51.0. The zero-order valence-electron chi connectivity index (χ0n) is 51.0. The predicted molar refractivity (Wildman–Crippen MR) is 333 cm³/mol. The highest BCUT2D eigenvalue weighted by molar-refractivity contribution is 5.76. The van der Waals surface area contributed by atoms with Crippen LogP contribution >= 0.6 is 0 Å². The van der Waals surface area contributed by atoms with E-state index in [0.717, 1.165) is 44.9 Å². The largest absolute Gasteiger partial charge is 0.394 e. The number of unbranched alkanes of at least 4 members (excludes halogenated alkanes) is 50. The Morgan fingerprint density at radius 2 is 0.547 bits per heavy atom. The number of carbonyl (C=O) groups excluding carboxylic acids is 1. The van der Waals surface area contributed by atoms with Crippen molar-refractivity contribution in [1.29, 1.82) is 0 Å². The van der Waals surface area contributed by atoms with E-state index in [1.165, 1.54) is 308 Å². The second kappa shape index (κ2) is 65.1. The number of allylic oxidation sites excluding steroid dienone is 6. The number of rotatable bonds is 64. The number of hydrogen-bond acceptors (Lipinski definition) is 4. The quantitative estimate of drug-likeness (QED) is 0.0361. The van der Waals surface area contributed by atoms with Crippen LogP contribution in [-0.4, -0.2) is 46.1 Å². The van der Waals surface area contributed by atoms with E-state index in [1.807, 2.05) is 0 Å². The van der Waals surface area contributed by atoms with Gasteiger partial charge in [-0.05, 0) is 77.0 Å². The molecule has 0 rings (SSSR count). The highest BCUT2D eigenvalue weighted by Crippen LogP contribution is 2.19. The average Bonchev–Trinajstić information content (AvgIpc) is 3.41. The number of hydrogen-bond donors (Lipinski definition) is 4. The SMILES string of the molecule is CCCCCCCCCCCCCCCCC/C=C/CC/C=C/CCCC(O)C(O)C(CO)NC(=O)CCCCCCCCCCCCCCCCCCC/C=C\CCCCCCCCCCCCCCCCCC. The summed E-state index contributed by atoms with van der Waals surface area (Å²) < 4.78 is 0. The van der Waals surface area contributed by atoms with Crippen LogP contribution in [0.4, 0.5) is 0 Å². The van der Waals surface area contributed by atoms with Crippen molar-refractivity contribution in [2.24, 2.45) is 0 Å². The van der Waals surface area contributed by atoms with Gasteiger partial charge in [-0.3, -0.25) is 4.79 Å². The Morgan fingerprint density at radius 1 is 0.320 bits per heavy atom. The molecule has 0 heterocycles. The fourth-order valence-electron chi connectivity index (χ4n) is 10.9. The van der Waals surface area contributed by atoms with E-state index in [0.29, 0.717) is 12.8 Å². The van der Waals surface area contributed by atoms with Gasteiger partial charge in [0.05, 0.1) is 18.8 Å². The standard InChI is InChI=1S/C70H135NO4/c1-3-5-7-9-11-13-15-17-19-21-23-25-27-29-30-31-32-33-34-35-36-37-38-39-40-41-43-45-47-49-51-53-55-57-59-61-63-65-69(74)71-67(66-72)70(75)68(73)64-62-60-58-56-54-52-50-48-46-44-42-28-26-24-22-20-18-16-14-12-10-8-6-4-2/h33-34,48,50,56,58,67-68,70,72-73,75H,3-32,35-47,49,51-55,57,59-66H2,1-2H3,(H,71,74)/b34-33-,50-48+,58-56+. The lowest BCUT2D eigenvalue weighted by molar-refractivity contribution is -0.124. The molecular formula is C70H135NO4. The first-order valence-electron chi connectivity index (χ1n) is 34.3. The molecular weight excluding hydrogens is 919 g/mol. The second-order valence-corrected chi connectivity index (χ2v) is 23.7. The van der Waals surface area contributed by atoms with Crippen LogP contribution in [0.2, 0.25) is 0 Å². The first-order valence-corrected chi connectivity index (χ1v) is 34.3. The summed E-state index contributed by atoms with van der Waals surface area (Å²) in [6, 6.07) is -0.833. The Hall–Kier alpha value is -1.43. The molecule has 75 heavy (non-hydrogen) atoms. The van der Waals surface area contributed by atoms with Crippen molar-refractivity contribution < 1.29 is 20.1 Å². The van der Waals surface area contributed by atoms with Crippen molar-refractivity contribution in [3.8, 4) is 0 Å². The molecule has 0 aromatic rings. The fourth-order valence-corrected chi connectivity index (χ4v) is 10.9. The molecule has 3 unspecified atom stereocenters. The Bertz CT molecular complexity index is 1170. The van der Waals surface area contributed by atoms with Crippen molar-refractivity contribution in [1.82, 2.24) is 5.32 Å². The summed E-state index contributed by atoms with van der Waals surface area (Å²) in [5.41, 5.74) is 0. The summed E-state index contributed by atoms with van der Waals surface area (Å²) in [5.74, 6) is -0.152. The third-order valence-electron chi connectivity index (χ3n) is 16.2.